The number of nitrogens with zero attached hydrogens (tertiary/aromatic N) is 1. The first kappa shape index (κ1) is 11.7. The maximum absolute atomic E-state index is 11.4. The molecule has 0 unspecified atom stereocenters. The van der Waals surface area contributed by atoms with E-state index in [-0.39, 0.29) is 5.69 Å². The molecule has 0 aliphatic heterocycles. The number of halogens is 1. The van der Waals surface area contributed by atoms with E-state index in [1.807, 2.05) is 24.3 Å². The van der Waals surface area contributed by atoms with Gasteiger partial charge in [0.05, 0.1) is 7.11 Å². The zero-order chi connectivity index (χ0) is 12.3. The molecule has 0 saturated carbocycles. The van der Waals surface area contributed by atoms with Gasteiger partial charge >= 0.3 is 5.97 Å². The highest BCUT2D eigenvalue weighted by molar-refractivity contribution is 6.17. The summed E-state index contributed by atoms with van der Waals surface area (Å²) in [7, 11) is 1.30. The van der Waals surface area contributed by atoms with E-state index in [0.717, 1.165) is 11.1 Å². The van der Waals surface area contributed by atoms with Gasteiger partial charge < -0.3 is 9.15 Å². The molecule has 88 valence electrons. The highest BCUT2D eigenvalue weighted by Gasteiger charge is 2.18. The summed E-state index contributed by atoms with van der Waals surface area (Å²) in [5.41, 5.74) is 1.93. The molecule has 17 heavy (non-hydrogen) atoms. The molecule has 4 nitrogen and oxygen atoms in total. The predicted octanol–water partition coefficient (Wildman–Crippen LogP) is 2.87. The van der Waals surface area contributed by atoms with Crippen LogP contribution in [0.25, 0.3) is 11.3 Å². The molecule has 5 heteroatoms. The van der Waals surface area contributed by atoms with Crippen molar-refractivity contribution in [3.8, 4) is 11.3 Å². The molecular weight excluding hydrogens is 242 g/mol. The number of hydrogen-bond donors (Lipinski definition) is 0. The van der Waals surface area contributed by atoms with Gasteiger partial charge in [0.15, 0.2) is 17.8 Å². The van der Waals surface area contributed by atoms with E-state index < -0.39 is 5.97 Å². The van der Waals surface area contributed by atoms with Crippen LogP contribution in [0.2, 0.25) is 0 Å². The Morgan fingerprint density at radius 3 is 2.71 bits per heavy atom. The van der Waals surface area contributed by atoms with Crippen LogP contribution in [-0.2, 0) is 10.6 Å². The maximum atomic E-state index is 11.4. The number of carbonyl (C=O) groups is 1. The third kappa shape index (κ3) is 2.31. The van der Waals surface area contributed by atoms with E-state index in [1.165, 1.54) is 13.5 Å². The average molecular weight is 252 g/mol. The van der Waals surface area contributed by atoms with Crippen LogP contribution in [0.4, 0.5) is 0 Å². The van der Waals surface area contributed by atoms with E-state index in [1.54, 1.807) is 0 Å². The Hall–Kier alpha value is -1.81. The molecule has 1 heterocycles. The quantitative estimate of drug-likeness (QED) is 0.622. The van der Waals surface area contributed by atoms with Crippen molar-refractivity contribution in [1.82, 2.24) is 4.98 Å². The van der Waals surface area contributed by atoms with Crippen LogP contribution in [0.5, 0.6) is 0 Å². The number of hydrogen-bond acceptors (Lipinski definition) is 4. The zero-order valence-electron chi connectivity index (χ0n) is 9.14. The van der Waals surface area contributed by atoms with Crippen molar-refractivity contribution in [3.63, 3.8) is 0 Å². The lowest BCUT2D eigenvalue weighted by Crippen LogP contribution is -2.03. The third-order valence-corrected chi connectivity index (χ3v) is 2.63. The topological polar surface area (TPSA) is 52.3 Å². The minimum atomic E-state index is -0.518. The summed E-state index contributed by atoms with van der Waals surface area (Å²) >= 11 is 5.70. The molecule has 0 bridgehead atoms. The highest BCUT2D eigenvalue weighted by atomic mass is 35.5. The second kappa shape index (κ2) is 5.01. The summed E-state index contributed by atoms with van der Waals surface area (Å²) in [5, 5.41) is 0. The minimum Gasteiger partial charge on any atom is -0.464 e. The Labute approximate surface area is 103 Å². The first-order chi connectivity index (χ1) is 8.26. The molecule has 0 aliphatic rings. The van der Waals surface area contributed by atoms with Crippen LogP contribution < -0.4 is 0 Å². The predicted molar refractivity (Wildman–Crippen MR) is 62.8 cm³/mol. The van der Waals surface area contributed by atoms with Crippen LogP contribution in [0, 0.1) is 0 Å². The minimum absolute atomic E-state index is 0.172. The third-order valence-electron chi connectivity index (χ3n) is 2.32. The van der Waals surface area contributed by atoms with Crippen molar-refractivity contribution in [1.29, 1.82) is 0 Å². The second-order valence-corrected chi connectivity index (χ2v) is 3.62. The fraction of sp³-hybridized carbons (Fsp3) is 0.167. The molecule has 2 aromatic rings. The Morgan fingerprint density at radius 2 is 2.12 bits per heavy atom. The van der Waals surface area contributed by atoms with E-state index in [2.05, 4.69) is 9.72 Å². The Bertz CT molecular complexity index is 519. The number of aromatic nitrogens is 1. The number of oxazole rings is 1. The first-order valence-corrected chi connectivity index (χ1v) is 5.46. The van der Waals surface area contributed by atoms with E-state index in [4.69, 9.17) is 16.0 Å². The molecule has 0 fully saturated rings. The number of esters is 1. The van der Waals surface area contributed by atoms with Gasteiger partial charge in [0.1, 0.15) is 0 Å². The van der Waals surface area contributed by atoms with Gasteiger partial charge in [-0.3, -0.25) is 0 Å². The van der Waals surface area contributed by atoms with Gasteiger partial charge in [0, 0.05) is 11.4 Å². The molecule has 0 spiro atoms. The molecule has 2 rings (SSSR count). The van der Waals surface area contributed by atoms with Gasteiger partial charge in [-0.25, -0.2) is 9.78 Å². The number of benzene rings is 1. The van der Waals surface area contributed by atoms with Crippen LogP contribution in [0.3, 0.4) is 0 Å². The van der Waals surface area contributed by atoms with E-state index >= 15 is 0 Å². The van der Waals surface area contributed by atoms with Gasteiger partial charge in [-0.1, -0.05) is 24.3 Å². The average Bonchev–Trinajstić information content (AvgIpc) is 2.87. The largest absolute Gasteiger partial charge is 0.464 e. The van der Waals surface area contributed by atoms with Crippen molar-refractivity contribution in [2.45, 2.75) is 5.88 Å². The molecule has 0 atom stereocenters. The number of carbonyl (C=O) groups excluding carboxylic acids is 1. The monoisotopic (exact) mass is 251 g/mol. The SMILES string of the molecule is COC(=O)c1ncoc1-c1ccc(CCl)cc1. The summed E-state index contributed by atoms with van der Waals surface area (Å²) < 4.78 is 9.82. The number of methoxy groups -OCH3 is 1. The van der Waals surface area contributed by atoms with Crippen molar-refractivity contribution < 1.29 is 13.9 Å². The van der Waals surface area contributed by atoms with Crippen LogP contribution in [0.1, 0.15) is 16.1 Å². The highest BCUT2D eigenvalue weighted by Crippen LogP contribution is 2.24. The number of ether oxygens (including phenoxy) is 1. The Morgan fingerprint density at radius 1 is 1.41 bits per heavy atom. The Kier molecular flexibility index (Phi) is 3.44. The maximum Gasteiger partial charge on any atom is 0.360 e. The van der Waals surface area contributed by atoms with Gasteiger partial charge in [0.25, 0.3) is 0 Å². The lowest BCUT2D eigenvalue weighted by molar-refractivity contribution is 0.0595. The van der Waals surface area contributed by atoms with E-state index in [0.29, 0.717) is 11.6 Å². The standard InChI is InChI=1S/C12H10ClNO3/c1-16-12(15)10-11(17-7-14-10)9-4-2-8(6-13)3-5-9/h2-5,7H,6H2,1H3. The molecule has 0 amide bonds. The van der Waals surface area contributed by atoms with Gasteiger partial charge in [-0.15, -0.1) is 11.6 Å². The van der Waals surface area contributed by atoms with E-state index in [9.17, 15) is 4.79 Å². The normalized spacial score (nSPS) is 10.2. The van der Waals surface area contributed by atoms with Crippen molar-refractivity contribution in [3.05, 3.63) is 41.9 Å². The van der Waals surface area contributed by atoms with Gasteiger partial charge in [-0.2, -0.15) is 0 Å². The smallest absolute Gasteiger partial charge is 0.360 e. The fourth-order valence-corrected chi connectivity index (χ4v) is 1.62. The lowest BCUT2D eigenvalue weighted by atomic mass is 10.1. The summed E-state index contributed by atoms with van der Waals surface area (Å²) in [5.74, 6) is 0.328. The molecule has 0 aliphatic carbocycles. The molecule has 0 N–H and O–H groups in total. The molecule has 0 radical (unpaired) electrons. The lowest BCUT2D eigenvalue weighted by Gasteiger charge is -2.01. The zero-order valence-corrected chi connectivity index (χ0v) is 9.90. The number of rotatable bonds is 3. The second-order valence-electron chi connectivity index (χ2n) is 3.35. The molecular formula is C12H10ClNO3. The molecule has 0 saturated heterocycles. The van der Waals surface area contributed by atoms with Crippen LogP contribution in [0.15, 0.2) is 35.1 Å². The number of alkyl halides is 1. The summed E-state index contributed by atoms with van der Waals surface area (Å²) in [4.78, 5) is 15.3. The van der Waals surface area contributed by atoms with Crippen LogP contribution in [-0.4, -0.2) is 18.1 Å². The van der Waals surface area contributed by atoms with Crippen molar-refractivity contribution in [2.24, 2.45) is 0 Å². The summed E-state index contributed by atoms with van der Waals surface area (Å²) in [6, 6.07) is 7.38. The summed E-state index contributed by atoms with van der Waals surface area (Å²) in [6.45, 7) is 0. The molecule has 1 aromatic carbocycles. The van der Waals surface area contributed by atoms with Crippen LogP contribution >= 0.6 is 11.6 Å². The van der Waals surface area contributed by atoms with Gasteiger partial charge in [0.2, 0.25) is 0 Å². The van der Waals surface area contributed by atoms with Crippen molar-refractivity contribution >= 4 is 17.6 Å². The van der Waals surface area contributed by atoms with Gasteiger partial charge in [-0.05, 0) is 5.56 Å². The first-order valence-electron chi connectivity index (χ1n) is 4.93. The Balaban J connectivity index is 2.39. The molecule has 1 aromatic heterocycles. The summed E-state index contributed by atoms with van der Waals surface area (Å²) in [6.07, 6.45) is 1.22. The fourth-order valence-electron chi connectivity index (χ4n) is 1.44. The van der Waals surface area contributed by atoms with Crippen molar-refractivity contribution in [2.75, 3.05) is 7.11 Å².